The summed E-state index contributed by atoms with van der Waals surface area (Å²) in [6.07, 6.45) is 6.91. The SMILES string of the molecule is Cn1cncc1C(N)C1=Cc2cccnc2C(N2CCN(C(=O)OC(C)(C)O)CC2)c2ccc(Cl)cc21. The number of carbonyl (C=O) groups excluding carboxylic acids is 1. The van der Waals surface area contributed by atoms with Gasteiger partial charge >= 0.3 is 6.09 Å². The molecule has 3 heterocycles. The van der Waals surface area contributed by atoms with E-state index in [1.807, 2.05) is 35.9 Å². The lowest BCUT2D eigenvalue weighted by atomic mass is 9.90. The van der Waals surface area contributed by atoms with Crippen molar-refractivity contribution in [2.24, 2.45) is 12.8 Å². The topological polar surface area (TPSA) is 110 Å². The number of carbonyl (C=O) groups is 1. The molecule has 3 N–H and O–H groups in total. The first-order valence-corrected chi connectivity index (χ1v) is 12.6. The maximum absolute atomic E-state index is 12.5. The lowest BCUT2D eigenvalue weighted by molar-refractivity contribution is -0.140. The molecule has 0 saturated carbocycles. The van der Waals surface area contributed by atoms with Gasteiger partial charge in [0, 0.05) is 58.3 Å². The number of aromatic nitrogens is 3. The Morgan fingerprint density at radius 2 is 2.00 bits per heavy atom. The highest BCUT2D eigenvalue weighted by molar-refractivity contribution is 6.30. The number of nitrogens with zero attached hydrogens (tertiary/aromatic N) is 5. The molecule has 0 radical (unpaired) electrons. The summed E-state index contributed by atoms with van der Waals surface area (Å²) in [5, 5.41) is 10.5. The summed E-state index contributed by atoms with van der Waals surface area (Å²) in [5.74, 6) is -1.52. The Kier molecular flexibility index (Phi) is 6.80. The minimum atomic E-state index is -1.52. The molecule has 1 aliphatic heterocycles. The van der Waals surface area contributed by atoms with Gasteiger partial charge in [-0.2, -0.15) is 0 Å². The summed E-state index contributed by atoms with van der Waals surface area (Å²) in [5.41, 5.74) is 12.6. The Balaban J connectivity index is 1.53. The molecule has 37 heavy (non-hydrogen) atoms. The zero-order valence-electron chi connectivity index (χ0n) is 21.1. The molecule has 5 rings (SSSR count). The van der Waals surface area contributed by atoms with E-state index in [-0.39, 0.29) is 6.04 Å². The molecule has 1 saturated heterocycles. The lowest BCUT2D eigenvalue weighted by Crippen LogP contribution is -2.51. The molecule has 9 nitrogen and oxygen atoms in total. The Morgan fingerprint density at radius 3 is 2.68 bits per heavy atom. The average Bonchev–Trinajstić information content (AvgIpc) is 3.23. The second kappa shape index (κ2) is 9.90. The maximum atomic E-state index is 12.5. The van der Waals surface area contributed by atoms with E-state index in [9.17, 15) is 9.90 Å². The predicted molar refractivity (Wildman–Crippen MR) is 141 cm³/mol. The van der Waals surface area contributed by atoms with Gasteiger partial charge in [0.25, 0.3) is 0 Å². The van der Waals surface area contributed by atoms with Gasteiger partial charge in [0.1, 0.15) is 0 Å². The number of pyridine rings is 1. The van der Waals surface area contributed by atoms with Crippen LogP contribution in [0.15, 0.2) is 49.1 Å². The molecule has 0 bridgehead atoms. The molecule has 0 spiro atoms. The zero-order valence-corrected chi connectivity index (χ0v) is 21.9. The van der Waals surface area contributed by atoms with Crippen molar-refractivity contribution in [3.05, 3.63) is 82.2 Å². The first-order valence-electron chi connectivity index (χ1n) is 12.2. The number of nitrogens with two attached hydrogens (primary N) is 1. The number of aliphatic hydroxyl groups is 1. The monoisotopic (exact) mass is 522 g/mol. The van der Waals surface area contributed by atoms with Gasteiger partial charge < -0.3 is 25.0 Å². The number of hydrogen-bond acceptors (Lipinski definition) is 7. The van der Waals surface area contributed by atoms with Crippen molar-refractivity contribution >= 4 is 29.3 Å². The van der Waals surface area contributed by atoms with E-state index >= 15 is 0 Å². The van der Waals surface area contributed by atoms with Crippen molar-refractivity contribution in [1.82, 2.24) is 24.3 Å². The summed E-state index contributed by atoms with van der Waals surface area (Å²) < 4.78 is 7.08. The van der Waals surface area contributed by atoms with E-state index in [2.05, 4.69) is 22.0 Å². The van der Waals surface area contributed by atoms with Crippen LogP contribution < -0.4 is 5.73 Å². The Labute approximate surface area is 221 Å². The molecule has 1 aromatic carbocycles. The van der Waals surface area contributed by atoms with Crippen LogP contribution in [-0.2, 0) is 11.8 Å². The van der Waals surface area contributed by atoms with Crippen LogP contribution in [0.1, 0.15) is 54.0 Å². The second-order valence-corrected chi connectivity index (χ2v) is 10.4. The number of amides is 1. The third-order valence-electron chi connectivity index (χ3n) is 6.84. The van der Waals surface area contributed by atoms with E-state index in [4.69, 9.17) is 27.1 Å². The van der Waals surface area contributed by atoms with Crippen molar-refractivity contribution in [3.63, 3.8) is 0 Å². The van der Waals surface area contributed by atoms with E-state index in [1.165, 1.54) is 13.8 Å². The highest BCUT2D eigenvalue weighted by Gasteiger charge is 2.35. The van der Waals surface area contributed by atoms with Gasteiger partial charge in [0.2, 0.25) is 5.79 Å². The smallest absolute Gasteiger partial charge is 0.412 e. The molecule has 194 valence electrons. The molecule has 3 aromatic rings. The Hall–Kier alpha value is -3.24. The van der Waals surface area contributed by atoms with E-state index in [1.54, 1.807) is 23.6 Å². The van der Waals surface area contributed by atoms with Crippen LogP contribution in [0.3, 0.4) is 0 Å². The first kappa shape index (κ1) is 25.4. The second-order valence-electron chi connectivity index (χ2n) is 9.96. The fraction of sp³-hybridized carbons (Fsp3) is 0.370. The fourth-order valence-electron chi connectivity index (χ4n) is 5.08. The fourth-order valence-corrected chi connectivity index (χ4v) is 5.26. The van der Waals surface area contributed by atoms with Crippen LogP contribution in [0, 0.1) is 0 Å². The number of imidazole rings is 1. The Bertz CT molecular complexity index is 1340. The van der Waals surface area contributed by atoms with Crippen LogP contribution >= 0.6 is 11.6 Å². The molecule has 1 amide bonds. The molecule has 1 fully saturated rings. The summed E-state index contributed by atoms with van der Waals surface area (Å²) >= 11 is 6.51. The van der Waals surface area contributed by atoms with Crippen molar-refractivity contribution in [2.75, 3.05) is 26.2 Å². The molecule has 1 aliphatic carbocycles. The van der Waals surface area contributed by atoms with E-state index in [0.717, 1.165) is 33.7 Å². The zero-order chi connectivity index (χ0) is 26.3. The van der Waals surface area contributed by atoms with E-state index in [0.29, 0.717) is 31.2 Å². The summed E-state index contributed by atoms with van der Waals surface area (Å²) in [7, 11) is 1.93. The van der Waals surface area contributed by atoms with Crippen LogP contribution in [-0.4, -0.2) is 67.5 Å². The highest BCUT2D eigenvalue weighted by atomic mass is 35.5. The van der Waals surface area contributed by atoms with Crippen LogP contribution in [0.25, 0.3) is 11.6 Å². The molecule has 2 aliphatic rings. The first-order chi connectivity index (χ1) is 17.6. The summed E-state index contributed by atoms with van der Waals surface area (Å²) in [4.78, 5) is 25.5. The van der Waals surface area contributed by atoms with Crippen LogP contribution in [0.5, 0.6) is 0 Å². The standard InChI is InChI=1S/C27H31ClN6O3/c1-27(2,36)37-26(35)34-11-9-33(10-12-34)25-19-7-6-18(28)14-20(19)21(13-17-5-4-8-31-24(17)25)23(29)22-15-30-16-32(22)3/h4-8,13-16,23,25,36H,9-12,29H2,1-3H3. The quantitative estimate of drug-likeness (QED) is 0.504. The van der Waals surface area contributed by atoms with Gasteiger partial charge in [-0.25, -0.2) is 9.78 Å². The van der Waals surface area contributed by atoms with Gasteiger partial charge in [0.15, 0.2) is 0 Å². The average molecular weight is 523 g/mol. The van der Waals surface area contributed by atoms with E-state index < -0.39 is 17.9 Å². The van der Waals surface area contributed by atoms with Gasteiger partial charge in [-0.15, -0.1) is 0 Å². The van der Waals surface area contributed by atoms with Crippen molar-refractivity contribution < 1.29 is 14.6 Å². The predicted octanol–water partition coefficient (Wildman–Crippen LogP) is 3.59. The number of aryl methyl sites for hydroxylation is 1. The summed E-state index contributed by atoms with van der Waals surface area (Å²) in [6, 6.07) is 9.29. The van der Waals surface area contributed by atoms with Gasteiger partial charge in [0.05, 0.1) is 36.0 Å². The number of fused-ring (bicyclic) bond motifs is 2. The van der Waals surface area contributed by atoms with Crippen molar-refractivity contribution in [2.45, 2.75) is 31.7 Å². The maximum Gasteiger partial charge on any atom is 0.412 e. The third kappa shape index (κ3) is 5.13. The minimum Gasteiger partial charge on any atom is -0.418 e. The van der Waals surface area contributed by atoms with Gasteiger partial charge in [-0.05, 0) is 46.5 Å². The van der Waals surface area contributed by atoms with Crippen LogP contribution in [0.2, 0.25) is 5.02 Å². The molecular weight excluding hydrogens is 492 g/mol. The molecule has 2 aromatic heterocycles. The number of hydrogen-bond donors (Lipinski definition) is 2. The molecular formula is C27H31ClN6O3. The number of piperazine rings is 1. The number of benzene rings is 1. The number of rotatable bonds is 4. The van der Waals surface area contributed by atoms with Crippen LogP contribution in [0.4, 0.5) is 4.79 Å². The van der Waals surface area contributed by atoms with Crippen molar-refractivity contribution in [1.29, 1.82) is 0 Å². The third-order valence-corrected chi connectivity index (χ3v) is 7.08. The number of halogens is 1. The lowest BCUT2D eigenvalue weighted by Gasteiger charge is -2.40. The minimum absolute atomic E-state index is 0.164. The molecule has 2 unspecified atom stereocenters. The highest BCUT2D eigenvalue weighted by Crippen LogP contribution is 2.43. The normalized spacial score (nSPS) is 18.9. The Morgan fingerprint density at radius 1 is 1.24 bits per heavy atom. The molecule has 10 heteroatoms. The van der Waals surface area contributed by atoms with Gasteiger partial charge in [-0.1, -0.05) is 23.7 Å². The largest absolute Gasteiger partial charge is 0.418 e. The van der Waals surface area contributed by atoms with Crippen molar-refractivity contribution in [3.8, 4) is 0 Å². The summed E-state index contributed by atoms with van der Waals surface area (Å²) in [6.45, 7) is 5.02. The van der Waals surface area contributed by atoms with Gasteiger partial charge in [-0.3, -0.25) is 9.88 Å². The number of ether oxygens (including phenoxy) is 1. The molecule has 2 atom stereocenters.